The zero-order valence-corrected chi connectivity index (χ0v) is 17.4. The molecular formula is C19H15BrClN3O2S. The topological polar surface area (TPSA) is 66.6 Å². The molecule has 2 amide bonds. The summed E-state index contributed by atoms with van der Waals surface area (Å²) in [6.07, 6.45) is 1.44. The molecule has 0 fully saturated rings. The first-order chi connectivity index (χ1) is 13.0. The molecule has 1 aromatic heterocycles. The molecule has 0 spiro atoms. The normalized spacial score (nSPS) is 10.9. The largest absolute Gasteiger partial charge is 0.448 e. The highest BCUT2D eigenvalue weighted by Gasteiger charge is 2.04. The summed E-state index contributed by atoms with van der Waals surface area (Å²) in [4.78, 5) is 12.9. The summed E-state index contributed by atoms with van der Waals surface area (Å²) in [7, 11) is 0. The van der Waals surface area contributed by atoms with Crippen molar-refractivity contribution in [3.63, 3.8) is 0 Å². The van der Waals surface area contributed by atoms with Crippen LogP contribution in [-0.4, -0.2) is 12.2 Å². The molecule has 0 unspecified atom stereocenters. The van der Waals surface area contributed by atoms with Crippen LogP contribution >= 0.6 is 39.3 Å². The number of urea groups is 1. The monoisotopic (exact) mass is 463 g/mol. The molecule has 3 aromatic rings. The van der Waals surface area contributed by atoms with Crippen LogP contribution in [-0.2, 0) is 0 Å². The summed E-state index contributed by atoms with van der Waals surface area (Å²) in [5.74, 6) is 0.534. The van der Waals surface area contributed by atoms with E-state index in [1.165, 1.54) is 18.0 Å². The summed E-state index contributed by atoms with van der Waals surface area (Å²) in [6.45, 7) is 1.95. The molecule has 0 radical (unpaired) electrons. The molecule has 27 heavy (non-hydrogen) atoms. The second-order valence-electron chi connectivity index (χ2n) is 5.50. The van der Waals surface area contributed by atoms with Gasteiger partial charge < -0.3 is 9.73 Å². The van der Waals surface area contributed by atoms with Gasteiger partial charge >= 0.3 is 6.03 Å². The predicted octanol–water partition coefficient (Wildman–Crippen LogP) is 6.31. The van der Waals surface area contributed by atoms with E-state index in [-0.39, 0.29) is 0 Å². The van der Waals surface area contributed by atoms with Gasteiger partial charge in [-0.15, -0.1) is 0 Å². The molecule has 0 saturated heterocycles. The van der Waals surface area contributed by atoms with Crippen molar-refractivity contribution < 1.29 is 9.21 Å². The Morgan fingerprint density at radius 2 is 1.96 bits per heavy atom. The lowest BCUT2D eigenvalue weighted by Crippen LogP contribution is -2.24. The number of anilines is 1. The zero-order chi connectivity index (χ0) is 19.2. The summed E-state index contributed by atoms with van der Waals surface area (Å²) in [6, 6.07) is 16.2. The lowest BCUT2D eigenvalue weighted by atomic mass is 10.2. The van der Waals surface area contributed by atoms with E-state index in [1.807, 2.05) is 49.4 Å². The fraction of sp³-hybridized carbons (Fsp3) is 0.0526. The molecule has 0 aliphatic carbocycles. The maximum Gasteiger partial charge on any atom is 0.339 e. The fourth-order valence-corrected chi connectivity index (χ4v) is 3.26. The van der Waals surface area contributed by atoms with Gasteiger partial charge in [0.25, 0.3) is 0 Å². The van der Waals surface area contributed by atoms with Gasteiger partial charge in [0.05, 0.1) is 6.21 Å². The van der Waals surface area contributed by atoms with Crippen molar-refractivity contribution >= 4 is 57.2 Å². The van der Waals surface area contributed by atoms with E-state index in [9.17, 15) is 4.79 Å². The Hall–Kier alpha value is -2.22. The van der Waals surface area contributed by atoms with Gasteiger partial charge in [-0.25, -0.2) is 10.2 Å². The average molecular weight is 465 g/mol. The second kappa shape index (κ2) is 9.12. The molecule has 0 saturated carbocycles. The van der Waals surface area contributed by atoms with Crippen LogP contribution in [0.4, 0.5) is 10.5 Å². The van der Waals surface area contributed by atoms with Crippen LogP contribution in [0.15, 0.2) is 78.6 Å². The standard InChI is InChI=1S/C19H15BrClN3O2S/c1-12-10-14(4-8-17(12)20)23-19(25)24-22-11-15-5-9-18(26-15)27-16-6-2-13(21)3-7-16/h2-11H,1H3,(H2,23,24,25)/b22-11+. The van der Waals surface area contributed by atoms with E-state index >= 15 is 0 Å². The summed E-state index contributed by atoms with van der Waals surface area (Å²) in [5, 5.41) is 8.01. The van der Waals surface area contributed by atoms with E-state index in [2.05, 4.69) is 31.8 Å². The Morgan fingerprint density at radius 1 is 1.19 bits per heavy atom. The fourth-order valence-electron chi connectivity index (χ4n) is 2.11. The van der Waals surface area contributed by atoms with Crippen LogP contribution < -0.4 is 10.7 Å². The van der Waals surface area contributed by atoms with Gasteiger partial charge in [-0.3, -0.25) is 0 Å². The maximum absolute atomic E-state index is 11.9. The number of hydrogen-bond acceptors (Lipinski definition) is 4. The lowest BCUT2D eigenvalue weighted by molar-refractivity contribution is 0.252. The van der Waals surface area contributed by atoms with E-state index in [1.54, 1.807) is 12.1 Å². The Balaban J connectivity index is 1.52. The highest BCUT2D eigenvalue weighted by Crippen LogP contribution is 2.29. The molecule has 138 valence electrons. The van der Waals surface area contributed by atoms with Crippen molar-refractivity contribution in [2.75, 3.05) is 5.32 Å². The lowest BCUT2D eigenvalue weighted by Gasteiger charge is -2.05. The van der Waals surface area contributed by atoms with Crippen LogP contribution in [0.2, 0.25) is 5.02 Å². The highest BCUT2D eigenvalue weighted by molar-refractivity contribution is 9.10. The number of amides is 2. The number of furan rings is 1. The smallest absolute Gasteiger partial charge is 0.339 e. The van der Waals surface area contributed by atoms with E-state index < -0.39 is 6.03 Å². The molecule has 0 bridgehead atoms. The number of carbonyl (C=O) groups is 1. The van der Waals surface area contributed by atoms with Gasteiger partial charge in [-0.2, -0.15) is 5.10 Å². The van der Waals surface area contributed by atoms with Gasteiger partial charge in [0, 0.05) is 20.1 Å². The van der Waals surface area contributed by atoms with Gasteiger partial charge in [-0.1, -0.05) is 39.3 Å². The van der Waals surface area contributed by atoms with Crippen molar-refractivity contribution in [3.05, 3.63) is 75.4 Å². The van der Waals surface area contributed by atoms with E-state index in [4.69, 9.17) is 16.0 Å². The molecule has 3 rings (SSSR count). The highest BCUT2D eigenvalue weighted by atomic mass is 79.9. The summed E-state index contributed by atoms with van der Waals surface area (Å²) in [5.41, 5.74) is 4.11. The first kappa shape index (κ1) is 19.5. The number of benzene rings is 2. The average Bonchev–Trinajstić information content (AvgIpc) is 3.07. The Bertz CT molecular complexity index is 973. The van der Waals surface area contributed by atoms with Crippen LogP contribution in [0.25, 0.3) is 0 Å². The first-order valence-corrected chi connectivity index (χ1v) is 9.88. The Kier molecular flexibility index (Phi) is 6.60. The maximum atomic E-state index is 11.9. The third-order valence-electron chi connectivity index (χ3n) is 3.41. The van der Waals surface area contributed by atoms with E-state index in [0.717, 1.165) is 14.9 Å². The number of halogens is 2. The third-order valence-corrected chi connectivity index (χ3v) is 5.48. The van der Waals surface area contributed by atoms with Crippen molar-refractivity contribution in [3.8, 4) is 0 Å². The molecule has 0 aliphatic rings. The number of hydrazone groups is 1. The van der Waals surface area contributed by atoms with Gasteiger partial charge in [0.2, 0.25) is 0 Å². The number of nitrogens with one attached hydrogen (secondary N) is 2. The quantitative estimate of drug-likeness (QED) is 0.343. The van der Waals surface area contributed by atoms with Crippen molar-refractivity contribution in [1.29, 1.82) is 0 Å². The number of rotatable bonds is 5. The summed E-state index contributed by atoms with van der Waals surface area (Å²) >= 11 is 10.8. The van der Waals surface area contributed by atoms with Gasteiger partial charge in [0.1, 0.15) is 5.76 Å². The molecular weight excluding hydrogens is 450 g/mol. The molecule has 1 heterocycles. The molecule has 2 N–H and O–H groups in total. The van der Waals surface area contributed by atoms with Crippen LogP contribution in [0.1, 0.15) is 11.3 Å². The van der Waals surface area contributed by atoms with Gasteiger partial charge in [-0.05, 0) is 67.1 Å². The van der Waals surface area contributed by atoms with Crippen molar-refractivity contribution in [2.24, 2.45) is 5.10 Å². The van der Waals surface area contributed by atoms with Crippen LogP contribution in [0, 0.1) is 6.92 Å². The molecule has 8 heteroatoms. The Morgan fingerprint density at radius 3 is 2.70 bits per heavy atom. The molecule has 0 atom stereocenters. The number of aryl methyl sites for hydroxylation is 1. The van der Waals surface area contributed by atoms with Crippen molar-refractivity contribution in [2.45, 2.75) is 16.9 Å². The van der Waals surface area contributed by atoms with Crippen molar-refractivity contribution in [1.82, 2.24) is 5.43 Å². The Labute approximate surface area is 174 Å². The number of nitrogens with zero attached hydrogens (tertiary/aromatic N) is 1. The number of hydrogen-bond donors (Lipinski definition) is 2. The zero-order valence-electron chi connectivity index (χ0n) is 14.2. The molecule has 2 aromatic carbocycles. The number of carbonyl (C=O) groups excluding carboxylic acids is 1. The second-order valence-corrected chi connectivity index (χ2v) is 7.87. The molecule has 0 aliphatic heterocycles. The summed E-state index contributed by atoms with van der Waals surface area (Å²) < 4.78 is 6.63. The van der Waals surface area contributed by atoms with Gasteiger partial charge in [0.15, 0.2) is 5.09 Å². The SMILES string of the molecule is Cc1cc(NC(=O)N/N=C/c2ccc(Sc3ccc(Cl)cc3)o2)ccc1Br. The minimum absolute atomic E-state index is 0.435. The van der Waals surface area contributed by atoms with Crippen LogP contribution in [0.5, 0.6) is 0 Å². The first-order valence-electron chi connectivity index (χ1n) is 7.89. The third kappa shape index (κ3) is 5.89. The predicted molar refractivity (Wildman–Crippen MR) is 113 cm³/mol. The van der Waals surface area contributed by atoms with Crippen LogP contribution in [0.3, 0.4) is 0 Å². The minimum Gasteiger partial charge on any atom is -0.448 e. The minimum atomic E-state index is -0.435. The molecule has 5 nitrogen and oxygen atoms in total. The van der Waals surface area contributed by atoms with E-state index in [0.29, 0.717) is 21.6 Å².